The molecule has 1 fully saturated rings. The molecule has 0 radical (unpaired) electrons. The van der Waals surface area contributed by atoms with Gasteiger partial charge >= 0.3 is 12.0 Å². The molecule has 1 aliphatic rings. The van der Waals surface area contributed by atoms with Crippen LogP contribution in [0.15, 0.2) is 77.7 Å². The van der Waals surface area contributed by atoms with Crippen LogP contribution in [0.5, 0.6) is 0 Å². The van der Waals surface area contributed by atoms with Crippen LogP contribution in [-0.2, 0) is 11.3 Å². The Morgan fingerprint density at radius 1 is 1.00 bits per heavy atom. The minimum Gasteiger partial charge on any atom is -0.479 e. The van der Waals surface area contributed by atoms with Gasteiger partial charge in [-0.15, -0.1) is 11.8 Å². The molecule has 0 spiro atoms. The van der Waals surface area contributed by atoms with E-state index in [2.05, 4.69) is 22.8 Å². The maximum atomic E-state index is 13.5. The number of nitrogens with zero attached hydrogens (tertiary/aromatic N) is 1. The van der Waals surface area contributed by atoms with Crippen molar-refractivity contribution in [1.29, 1.82) is 0 Å². The Morgan fingerprint density at radius 3 is 2.35 bits per heavy atom. The lowest BCUT2D eigenvalue weighted by Crippen LogP contribution is -2.35. The van der Waals surface area contributed by atoms with Crippen molar-refractivity contribution in [3.63, 3.8) is 0 Å². The van der Waals surface area contributed by atoms with Crippen molar-refractivity contribution < 1.29 is 23.9 Å². The number of carboxylic acids is 1. The van der Waals surface area contributed by atoms with Gasteiger partial charge in [0, 0.05) is 21.8 Å². The quantitative estimate of drug-likeness (QED) is 0.235. The number of alkyl halides is 1. The molecule has 0 saturated heterocycles. The number of rotatable bonds is 10. The lowest BCUT2D eigenvalue weighted by Gasteiger charge is -2.26. The number of hydrogen-bond acceptors (Lipinski definition) is 4. The van der Waals surface area contributed by atoms with Crippen molar-refractivity contribution in [2.75, 3.05) is 23.0 Å². The largest absolute Gasteiger partial charge is 0.479 e. The maximum Gasteiger partial charge on any atom is 0.340 e. The monoisotopic (exact) mass is 563 g/mol. The van der Waals surface area contributed by atoms with Gasteiger partial charge in [0.05, 0.1) is 13.1 Å². The molecule has 3 aromatic rings. The van der Waals surface area contributed by atoms with E-state index in [1.807, 2.05) is 42.7 Å². The van der Waals surface area contributed by atoms with Gasteiger partial charge in [0.25, 0.3) is 5.91 Å². The van der Waals surface area contributed by atoms with Gasteiger partial charge in [-0.1, -0.05) is 49.6 Å². The van der Waals surface area contributed by atoms with Crippen LogP contribution in [0.1, 0.15) is 59.5 Å². The van der Waals surface area contributed by atoms with Gasteiger partial charge in [0.15, 0.2) is 0 Å². The Kier molecular flexibility index (Phi) is 10.2. The third kappa shape index (κ3) is 7.85. The molecule has 40 heavy (non-hydrogen) atoms. The summed E-state index contributed by atoms with van der Waals surface area (Å²) in [4.78, 5) is 39.2. The lowest BCUT2D eigenvalue weighted by molar-refractivity contribution is -0.142. The molecule has 3 aromatic carbocycles. The minimum absolute atomic E-state index is 0.254. The van der Waals surface area contributed by atoms with E-state index in [0.29, 0.717) is 11.6 Å². The summed E-state index contributed by atoms with van der Waals surface area (Å²) in [7, 11) is 0. The van der Waals surface area contributed by atoms with Crippen LogP contribution in [0.3, 0.4) is 0 Å². The van der Waals surface area contributed by atoms with Crippen LogP contribution in [0.4, 0.5) is 20.6 Å². The van der Waals surface area contributed by atoms with Gasteiger partial charge in [0.2, 0.25) is 6.17 Å². The fourth-order valence-corrected chi connectivity index (χ4v) is 5.31. The first kappa shape index (κ1) is 29.1. The van der Waals surface area contributed by atoms with Gasteiger partial charge in [-0.05, 0) is 78.6 Å². The SMILES string of the molecule is CSc1cccc(NC(=O)N(Cc2ccc(C(=O)NCC(F)C(=O)O)cc2)c2ccc(C3CCCCC3)cc2)c1. The number of thioether (sulfide) groups is 1. The van der Waals surface area contributed by atoms with Crippen LogP contribution in [0, 0.1) is 0 Å². The number of carbonyl (C=O) groups is 3. The van der Waals surface area contributed by atoms with Crippen LogP contribution >= 0.6 is 11.8 Å². The van der Waals surface area contributed by atoms with E-state index in [9.17, 15) is 18.8 Å². The summed E-state index contributed by atoms with van der Waals surface area (Å²) in [6, 6.07) is 22.2. The first-order chi connectivity index (χ1) is 19.3. The Labute approximate surface area is 238 Å². The molecule has 9 heteroatoms. The molecule has 4 rings (SSSR count). The molecule has 0 bridgehead atoms. The minimum atomic E-state index is -2.17. The van der Waals surface area contributed by atoms with Crippen LogP contribution < -0.4 is 15.5 Å². The van der Waals surface area contributed by atoms with E-state index in [0.717, 1.165) is 16.1 Å². The molecule has 1 unspecified atom stereocenters. The lowest BCUT2D eigenvalue weighted by atomic mass is 9.84. The summed E-state index contributed by atoms with van der Waals surface area (Å²) < 4.78 is 13.3. The zero-order chi connectivity index (χ0) is 28.5. The molecule has 1 aliphatic carbocycles. The molecule has 1 atom stereocenters. The highest BCUT2D eigenvalue weighted by molar-refractivity contribution is 7.98. The number of aliphatic carboxylic acids is 1. The Balaban J connectivity index is 1.51. The second-order valence-corrected chi connectivity index (χ2v) is 10.8. The van der Waals surface area contributed by atoms with E-state index in [1.165, 1.54) is 37.7 Å². The van der Waals surface area contributed by atoms with E-state index in [1.54, 1.807) is 40.9 Å². The topological polar surface area (TPSA) is 98.7 Å². The average Bonchev–Trinajstić information content (AvgIpc) is 2.99. The number of nitrogens with one attached hydrogen (secondary N) is 2. The predicted octanol–water partition coefficient (Wildman–Crippen LogP) is 6.85. The zero-order valence-corrected chi connectivity index (χ0v) is 23.3. The average molecular weight is 564 g/mol. The van der Waals surface area contributed by atoms with E-state index < -0.39 is 24.6 Å². The summed E-state index contributed by atoms with van der Waals surface area (Å²) in [5.41, 5.74) is 3.80. The smallest absolute Gasteiger partial charge is 0.340 e. The molecule has 0 aliphatic heterocycles. The summed E-state index contributed by atoms with van der Waals surface area (Å²) >= 11 is 1.60. The Bertz CT molecular complexity index is 1310. The highest BCUT2D eigenvalue weighted by Gasteiger charge is 2.20. The zero-order valence-electron chi connectivity index (χ0n) is 22.4. The van der Waals surface area contributed by atoms with Crippen molar-refractivity contribution in [2.24, 2.45) is 0 Å². The molecule has 3 amide bonds. The van der Waals surface area contributed by atoms with Gasteiger partial charge in [0.1, 0.15) is 0 Å². The van der Waals surface area contributed by atoms with Crippen LogP contribution in [-0.4, -0.2) is 42.0 Å². The molecular weight excluding hydrogens is 529 g/mol. The van der Waals surface area contributed by atoms with Crippen molar-refractivity contribution in [1.82, 2.24) is 5.32 Å². The third-order valence-corrected chi connectivity index (χ3v) is 7.84. The number of carboxylic acid groups (broad SMARTS) is 1. The second kappa shape index (κ2) is 14.0. The highest BCUT2D eigenvalue weighted by atomic mass is 32.2. The second-order valence-electron chi connectivity index (χ2n) is 9.89. The molecule has 210 valence electrons. The third-order valence-electron chi connectivity index (χ3n) is 7.11. The van der Waals surface area contributed by atoms with E-state index in [4.69, 9.17) is 5.11 Å². The van der Waals surface area contributed by atoms with Gasteiger partial charge in [-0.2, -0.15) is 0 Å². The number of urea groups is 1. The molecule has 0 aromatic heterocycles. The molecule has 7 nitrogen and oxygen atoms in total. The van der Waals surface area contributed by atoms with Crippen molar-refractivity contribution in [3.05, 3.63) is 89.5 Å². The number of halogens is 1. The van der Waals surface area contributed by atoms with E-state index in [-0.39, 0.29) is 18.1 Å². The number of hydrogen-bond donors (Lipinski definition) is 3. The molecule has 3 N–H and O–H groups in total. The Morgan fingerprint density at radius 2 is 1.70 bits per heavy atom. The van der Waals surface area contributed by atoms with Crippen molar-refractivity contribution >= 4 is 41.0 Å². The van der Waals surface area contributed by atoms with Crippen LogP contribution in [0.25, 0.3) is 0 Å². The molecular formula is C31H34FN3O4S. The van der Waals surface area contributed by atoms with Gasteiger partial charge < -0.3 is 15.7 Å². The molecule has 1 saturated carbocycles. The van der Waals surface area contributed by atoms with E-state index >= 15 is 0 Å². The highest BCUT2D eigenvalue weighted by Crippen LogP contribution is 2.33. The maximum absolute atomic E-state index is 13.5. The summed E-state index contributed by atoms with van der Waals surface area (Å²) in [5.74, 6) is -1.64. The predicted molar refractivity (Wildman–Crippen MR) is 157 cm³/mol. The normalized spacial score (nSPS) is 14.2. The fourth-order valence-electron chi connectivity index (χ4n) is 4.85. The van der Waals surface area contributed by atoms with Gasteiger partial charge in [-0.3, -0.25) is 9.69 Å². The first-order valence-corrected chi connectivity index (χ1v) is 14.6. The Hall–Kier alpha value is -3.85. The van der Waals surface area contributed by atoms with Gasteiger partial charge in [-0.25, -0.2) is 14.0 Å². The fraction of sp³-hybridized carbons (Fsp3) is 0.323. The first-order valence-electron chi connectivity index (χ1n) is 13.4. The standard InChI is InChI=1S/C31H34FN3O4S/c1-40-27-9-5-8-25(18-27)34-31(39)35(26-16-14-23(15-17-26)22-6-3-2-4-7-22)20-21-10-12-24(13-11-21)29(36)33-19-28(32)30(37)38/h5,8-18,22,28H,2-4,6-7,19-20H2,1H3,(H,33,36)(H,34,39)(H,37,38). The number of carbonyl (C=O) groups excluding carboxylic acids is 2. The number of amides is 3. The summed E-state index contributed by atoms with van der Waals surface area (Å²) in [5, 5.41) is 13.9. The van der Waals surface area contributed by atoms with Crippen molar-refractivity contribution in [3.8, 4) is 0 Å². The summed E-state index contributed by atoms with van der Waals surface area (Å²) in [6.07, 6.45) is 5.98. The summed E-state index contributed by atoms with van der Waals surface area (Å²) in [6.45, 7) is -0.358. The number of benzene rings is 3. The van der Waals surface area contributed by atoms with Crippen LogP contribution in [0.2, 0.25) is 0 Å². The molecule has 0 heterocycles. The van der Waals surface area contributed by atoms with Crippen molar-refractivity contribution in [2.45, 2.75) is 55.6 Å². The number of anilines is 2.